The Hall–Kier alpha value is -2.05. The van der Waals surface area contributed by atoms with E-state index in [1.807, 2.05) is 18.2 Å². The molecule has 2 rings (SSSR count). The van der Waals surface area contributed by atoms with Crippen molar-refractivity contribution in [2.75, 3.05) is 7.11 Å². The molecular weight excluding hydrogens is 248 g/mol. The van der Waals surface area contributed by atoms with Crippen molar-refractivity contribution in [2.45, 2.75) is 6.92 Å². The molecule has 3 nitrogen and oxygen atoms in total. The third-order valence-electron chi connectivity index (χ3n) is 2.63. The molecule has 0 aliphatic carbocycles. The number of ether oxygens (including phenoxy) is 1. The van der Waals surface area contributed by atoms with Crippen molar-refractivity contribution in [1.29, 1.82) is 5.26 Å². The summed E-state index contributed by atoms with van der Waals surface area (Å²) in [5.41, 5.74) is 2.83. The highest BCUT2D eigenvalue weighted by atomic mass is 35.5. The summed E-state index contributed by atoms with van der Waals surface area (Å²) < 4.78 is 5.26. The van der Waals surface area contributed by atoms with Crippen LogP contribution >= 0.6 is 11.6 Å². The first-order chi connectivity index (χ1) is 8.65. The van der Waals surface area contributed by atoms with Gasteiger partial charge in [-0.15, -0.1) is 0 Å². The van der Waals surface area contributed by atoms with E-state index >= 15 is 0 Å². The number of aryl methyl sites for hydroxylation is 1. The minimum Gasteiger partial charge on any atom is -0.481 e. The van der Waals surface area contributed by atoms with Crippen LogP contribution in [0.1, 0.15) is 11.3 Å². The summed E-state index contributed by atoms with van der Waals surface area (Å²) in [5, 5.41) is 9.68. The number of methoxy groups -OCH3 is 1. The van der Waals surface area contributed by atoms with E-state index < -0.39 is 0 Å². The van der Waals surface area contributed by atoms with Crippen LogP contribution < -0.4 is 4.74 Å². The van der Waals surface area contributed by atoms with Gasteiger partial charge in [0.25, 0.3) is 0 Å². The second-order valence-corrected chi connectivity index (χ2v) is 4.24. The molecular formula is C14H11ClN2O. The first kappa shape index (κ1) is 12.4. The Balaban J connectivity index is 2.66. The number of hydrogen-bond acceptors (Lipinski definition) is 3. The lowest BCUT2D eigenvalue weighted by molar-refractivity contribution is 0.398. The molecule has 0 unspecified atom stereocenters. The molecule has 0 amide bonds. The number of halogens is 1. The van der Waals surface area contributed by atoms with Crippen LogP contribution in [0.25, 0.3) is 11.1 Å². The maximum atomic E-state index is 9.05. The molecule has 4 heteroatoms. The number of hydrogen-bond donors (Lipinski definition) is 0. The second kappa shape index (κ2) is 5.07. The van der Waals surface area contributed by atoms with Gasteiger partial charge in [-0.3, -0.25) is 0 Å². The zero-order valence-electron chi connectivity index (χ0n) is 10.1. The van der Waals surface area contributed by atoms with Crippen LogP contribution in [0.5, 0.6) is 5.88 Å². The molecule has 1 heterocycles. The molecule has 0 aliphatic heterocycles. The third-order valence-corrected chi connectivity index (χ3v) is 2.86. The standard InChI is InChI=1S/C14H11ClN2O/c1-9-11(8-16)7-13(14(17-9)18-2)10-4-3-5-12(15)6-10/h3-7H,1-2H3. The van der Waals surface area contributed by atoms with Crippen LogP contribution in [0, 0.1) is 18.3 Å². The SMILES string of the molecule is COc1nc(C)c(C#N)cc1-c1cccc(Cl)c1. The molecule has 0 fully saturated rings. The fraction of sp³-hybridized carbons (Fsp3) is 0.143. The van der Waals surface area contributed by atoms with Crippen LogP contribution in [0.3, 0.4) is 0 Å². The van der Waals surface area contributed by atoms with Gasteiger partial charge >= 0.3 is 0 Å². The van der Waals surface area contributed by atoms with Gasteiger partial charge in [-0.1, -0.05) is 23.7 Å². The van der Waals surface area contributed by atoms with Crippen molar-refractivity contribution in [3.63, 3.8) is 0 Å². The highest BCUT2D eigenvalue weighted by Gasteiger charge is 2.11. The minimum absolute atomic E-state index is 0.494. The van der Waals surface area contributed by atoms with Crippen LogP contribution in [-0.2, 0) is 0 Å². The van der Waals surface area contributed by atoms with E-state index in [-0.39, 0.29) is 0 Å². The molecule has 0 spiro atoms. The molecule has 0 radical (unpaired) electrons. The monoisotopic (exact) mass is 258 g/mol. The van der Waals surface area contributed by atoms with Gasteiger partial charge < -0.3 is 4.74 Å². The molecule has 1 aromatic heterocycles. The number of benzene rings is 1. The third kappa shape index (κ3) is 2.29. The van der Waals surface area contributed by atoms with E-state index in [0.29, 0.717) is 22.2 Å². The lowest BCUT2D eigenvalue weighted by atomic mass is 10.0. The van der Waals surface area contributed by atoms with Crippen molar-refractivity contribution >= 4 is 11.6 Å². The smallest absolute Gasteiger partial charge is 0.221 e. The Labute approximate surface area is 111 Å². The second-order valence-electron chi connectivity index (χ2n) is 3.80. The fourth-order valence-corrected chi connectivity index (χ4v) is 1.91. The molecule has 0 saturated heterocycles. The number of nitrogens with zero attached hydrogens (tertiary/aromatic N) is 2. The number of rotatable bonds is 2. The van der Waals surface area contributed by atoms with E-state index in [1.54, 1.807) is 26.2 Å². The minimum atomic E-state index is 0.494. The van der Waals surface area contributed by atoms with E-state index in [1.165, 1.54) is 0 Å². The number of pyridine rings is 1. The van der Waals surface area contributed by atoms with E-state index in [4.69, 9.17) is 21.6 Å². The largest absolute Gasteiger partial charge is 0.481 e. The zero-order chi connectivity index (χ0) is 13.1. The van der Waals surface area contributed by atoms with Gasteiger partial charge in [-0.2, -0.15) is 5.26 Å². The maximum absolute atomic E-state index is 9.05. The fourth-order valence-electron chi connectivity index (χ4n) is 1.71. The summed E-state index contributed by atoms with van der Waals surface area (Å²) in [6.07, 6.45) is 0. The quantitative estimate of drug-likeness (QED) is 0.827. The van der Waals surface area contributed by atoms with Gasteiger partial charge in [0.15, 0.2) is 0 Å². The predicted molar refractivity (Wildman–Crippen MR) is 70.7 cm³/mol. The first-order valence-electron chi connectivity index (χ1n) is 5.37. The Morgan fingerprint density at radius 3 is 2.72 bits per heavy atom. The molecule has 1 aromatic carbocycles. The summed E-state index contributed by atoms with van der Waals surface area (Å²) in [6.45, 7) is 1.78. The summed E-state index contributed by atoms with van der Waals surface area (Å²) in [7, 11) is 1.56. The molecule has 18 heavy (non-hydrogen) atoms. The Morgan fingerprint density at radius 2 is 2.11 bits per heavy atom. The van der Waals surface area contributed by atoms with Gasteiger partial charge in [0.05, 0.1) is 18.4 Å². The molecule has 0 aliphatic rings. The van der Waals surface area contributed by atoms with Gasteiger partial charge in [0, 0.05) is 10.6 Å². The number of aromatic nitrogens is 1. The normalized spacial score (nSPS) is 9.89. The molecule has 0 atom stereocenters. The molecule has 0 bridgehead atoms. The number of nitriles is 1. The van der Waals surface area contributed by atoms with Crippen LogP contribution in [0.4, 0.5) is 0 Å². The molecule has 2 aromatic rings. The van der Waals surface area contributed by atoms with Crippen molar-refractivity contribution in [3.8, 4) is 23.1 Å². The Kier molecular flexibility index (Phi) is 3.50. The van der Waals surface area contributed by atoms with E-state index in [2.05, 4.69) is 11.1 Å². The van der Waals surface area contributed by atoms with E-state index in [0.717, 1.165) is 11.1 Å². The Morgan fingerprint density at radius 1 is 1.33 bits per heavy atom. The van der Waals surface area contributed by atoms with Gasteiger partial charge in [0.2, 0.25) is 5.88 Å². The average Bonchev–Trinajstić information content (AvgIpc) is 2.38. The van der Waals surface area contributed by atoms with E-state index in [9.17, 15) is 0 Å². The predicted octanol–water partition coefficient (Wildman–Crippen LogP) is 3.59. The topological polar surface area (TPSA) is 45.9 Å². The highest BCUT2D eigenvalue weighted by molar-refractivity contribution is 6.30. The molecule has 0 saturated carbocycles. The summed E-state index contributed by atoms with van der Waals surface area (Å²) in [6, 6.07) is 11.3. The van der Waals surface area contributed by atoms with Crippen molar-refractivity contribution in [1.82, 2.24) is 4.98 Å². The van der Waals surface area contributed by atoms with Gasteiger partial charge in [-0.05, 0) is 30.7 Å². The zero-order valence-corrected chi connectivity index (χ0v) is 10.8. The van der Waals surface area contributed by atoms with Crippen LogP contribution in [-0.4, -0.2) is 12.1 Å². The first-order valence-corrected chi connectivity index (χ1v) is 5.75. The van der Waals surface area contributed by atoms with Crippen molar-refractivity contribution < 1.29 is 4.74 Å². The lowest BCUT2D eigenvalue weighted by Gasteiger charge is -2.10. The van der Waals surface area contributed by atoms with Crippen molar-refractivity contribution in [2.24, 2.45) is 0 Å². The lowest BCUT2D eigenvalue weighted by Crippen LogP contribution is -1.96. The van der Waals surface area contributed by atoms with Crippen LogP contribution in [0.2, 0.25) is 5.02 Å². The summed E-state index contributed by atoms with van der Waals surface area (Å²) in [4.78, 5) is 4.28. The highest BCUT2D eigenvalue weighted by Crippen LogP contribution is 2.31. The molecule has 90 valence electrons. The average molecular weight is 259 g/mol. The van der Waals surface area contributed by atoms with Crippen molar-refractivity contribution in [3.05, 3.63) is 46.6 Å². The summed E-state index contributed by atoms with van der Waals surface area (Å²) >= 11 is 5.97. The Bertz CT molecular complexity index is 632. The summed E-state index contributed by atoms with van der Waals surface area (Å²) in [5.74, 6) is 0.494. The van der Waals surface area contributed by atoms with Gasteiger partial charge in [0.1, 0.15) is 6.07 Å². The van der Waals surface area contributed by atoms with Crippen LogP contribution in [0.15, 0.2) is 30.3 Å². The van der Waals surface area contributed by atoms with Gasteiger partial charge in [-0.25, -0.2) is 4.98 Å². The maximum Gasteiger partial charge on any atom is 0.221 e. The molecule has 0 N–H and O–H groups in total.